The lowest BCUT2D eigenvalue weighted by Gasteiger charge is -2.02. The fourth-order valence-electron chi connectivity index (χ4n) is 1.10. The van der Waals surface area contributed by atoms with Gasteiger partial charge in [-0.25, -0.2) is 0 Å². The molecule has 1 amide bonds. The molecule has 0 aliphatic rings. The van der Waals surface area contributed by atoms with E-state index in [0.717, 1.165) is 5.69 Å². The highest BCUT2D eigenvalue weighted by Crippen LogP contribution is 2.11. The van der Waals surface area contributed by atoms with Gasteiger partial charge in [0, 0.05) is 25.7 Å². The fraction of sp³-hybridized carbons (Fsp3) is 0.400. The summed E-state index contributed by atoms with van der Waals surface area (Å²) in [5.74, 6) is -0.0147. The standard InChI is InChI=1S/C10H14ClN3O/c1-3-5-12-10(15)4-6-14-7-9(11)8(2)13-14/h3,7H,1,4-6H2,2H3,(H,12,15). The highest BCUT2D eigenvalue weighted by atomic mass is 35.5. The van der Waals surface area contributed by atoms with Gasteiger partial charge in [-0.05, 0) is 6.92 Å². The van der Waals surface area contributed by atoms with E-state index in [1.807, 2.05) is 6.92 Å². The molecule has 0 spiro atoms. The van der Waals surface area contributed by atoms with Crippen molar-refractivity contribution in [3.8, 4) is 0 Å². The molecule has 0 radical (unpaired) electrons. The predicted octanol–water partition coefficient (Wildman–Crippen LogP) is 1.54. The zero-order valence-corrected chi connectivity index (χ0v) is 9.42. The number of hydrogen-bond donors (Lipinski definition) is 1. The van der Waals surface area contributed by atoms with Crippen molar-refractivity contribution >= 4 is 17.5 Å². The van der Waals surface area contributed by atoms with Gasteiger partial charge >= 0.3 is 0 Å². The summed E-state index contributed by atoms with van der Waals surface area (Å²) in [4.78, 5) is 11.2. The Hall–Kier alpha value is -1.29. The highest BCUT2D eigenvalue weighted by Gasteiger charge is 2.04. The largest absolute Gasteiger partial charge is 0.353 e. The van der Waals surface area contributed by atoms with Crippen molar-refractivity contribution in [3.05, 3.63) is 29.6 Å². The summed E-state index contributed by atoms with van der Waals surface area (Å²) in [6.45, 7) is 6.38. The smallest absolute Gasteiger partial charge is 0.222 e. The molecule has 15 heavy (non-hydrogen) atoms. The lowest BCUT2D eigenvalue weighted by Crippen LogP contribution is -2.24. The quantitative estimate of drug-likeness (QED) is 0.776. The molecule has 1 heterocycles. The summed E-state index contributed by atoms with van der Waals surface area (Å²) in [7, 11) is 0. The van der Waals surface area contributed by atoms with Crippen LogP contribution in [0.3, 0.4) is 0 Å². The first-order valence-electron chi connectivity index (χ1n) is 4.70. The molecule has 1 aromatic rings. The second-order valence-corrected chi connectivity index (χ2v) is 3.58. The Morgan fingerprint density at radius 3 is 3.07 bits per heavy atom. The normalized spacial score (nSPS) is 10.0. The first-order valence-corrected chi connectivity index (χ1v) is 5.08. The van der Waals surface area contributed by atoms with Crippen LogP contribution < -0.4 is 5.32 Å². The minimum atomic E-state index is -0.0147. The molecule has 4 nitrogen and oxygen atoms in total. The number of aryl methyl sites for hydroxylation is 2. The summed E-state index contributed by atoms with van der Waals surface area (Å²) < 4.78 is 1.67. The average Bonchev–Trinajstić information content (AvgIpc) is 2.52. The predicted molar refractivity (Wildman–Crippen MR) is 59.8 cm³/mol. The van der Waals surface area contributed by atoms with Crippen LogP contribution >= 0.6 is 11.6 Å². The van der Waals surface area contributed by atoms with Crippen molar-refractivity contribution in [2.45, 2.75) is 19.9 Å². The van der Waals surface area contributed by atoms with E-state index in [4.69, 9.17) is 11.6 Å². The summed E-state index contributed by atoms with van der Waals surface area (Å²) in [5.41, 5.74) is 0.781. The van der Waals surface area contributed by atoms with Gasteiger partial charge in [-0.1, -0.05) is 17.7 Å². The Morgan fingerprint density at radius 1 is 1.80 bits per heavy atom. The maximum atomic E-state index is 11.2. The van der Waals surface area contributed by atoms with Crippen molar-refractivity contribution < 1.29 is 4.79 Å². The SMILES string of the molecule is C=CCNC(=O)CCn1cc(Cl)c(C)n1. The van der Waals surface area contributed by atoms with Crippen LogP contribution in [-0.2, 0) is 11.3 Å². The Morgan fingerprint density at radius 2 is 2.53 bits per heavy atom. The van der Waals surface area contributed by atoms with Crippen molar-refractivity contribution in [3.63, 3.8) is 0 Å². The molecule has 1 N–H and O–H groups in total. The molecule has 5 heteroatoms. The Balaban J connectivity index is 2.36. The number of hydrogen-bond acceptors (Lipinski definition) is 2. The van der Waals surface area contributed by atoms with Gasteiger partial charge in [0.2, 0.25) is 5.91 Å². The van der Waals surface area contributed by atoms with Crippen LogP contribution in [0.4, 0.5) is 0 Å². The Labute approximate surface area is 93.9 Å². The number of nitrogens with one attached hydrogen (secondary N) is 1. The van der Waals surface area contributed by atoms with Crippen LogP contribution in [0.25, 0.3) is 0 Å². The van der Waals surface area contributed by atoms with Crippen LogP contribution in [-0.4, -0.2) is 22.2 Å². The Kier molecular flexibility index (Phi) is 4.37. The molecular weight excluding hydrogens is 214 g/mol. The van der Waals surface area contributed by atoms with Crippen LogP contribution in [0.15, 0.2) is 18.9 Å². The molecule has 82 valence electrons. The number of carbonyl (C=O) groups excluding carboxylic acids is 1. The third-order valence-electron chi connectivity index (χ3n) is 1.90. The summed E-state index contributed by atoms with van der Waals surface area (Å²) in [6.07, 6.45) is 3.76. The van der Waals surface area contributed by atoms with Gasteiger partial charge in [-0.15, -0.1) is 6.58 Å². The fourth-order valence-corrected chi connectivity index (χ4v) is 1.25. The van der Waals surface area contributed by atoms with Crippen LogP contribution in [0, 0.1) is 6.92 Å². The Bertz CT molecular complexity index is 340. The number of halogens is 1. The second-order valence-electron chi connectivity index (χ2n) is 3.17. The van der Waals surface area contributed by atoms with E-state index in [1.54, 1.807) is 17.0 Å². The number of amides is 1. The minimum absolute atomic E-state index is 0.0147. The lowest BCUT2D eigenvalue weighted by molar-refractivity contribution is -0.121. The maximum Gasteiger partial charge on any atom is 0.222 e. The van der Waals surface area contributed by atoms with E-state index in [1.165, 1.54) is 0 Å². The van der Waals surface area contributed by atoms with Gasteiger partial charge in [-0.3, -0.25) is 9.48 Å². The molecule has 0 aliphatic heterocycles. The van der Waals surface area contributed by atoms with Gasteiger partial charge in [-0.2, -0.15) is 5.10 Å². The van der Waals surface area contributed by atoms with Crippen molar-refractivity contribution in [1.29, 1.82) is 0 Å². The zero-order valence-electron chi connectivity index (χ0n) is 8.66. The van der Waals surface area contributed by atoms with E-state index in [2.05, 4.69) is 17.0 Å². The van der Waals surface area contributed by atoms with Gasteiger partial charge in [0.15, 0.2) is 0 Å². The van der Waals surface area contributed by atoms with E-state index in [-0.39, 0.29) is 5.91 Å². The molecule has 0 fully saturated rings. The number of carbonyl (C=O) groups is 1. The molecule has 0 saturated carbocycles. The van der Waals surface area contributed by atoms with Crippen LogP contribution in [0.2, 0.25) is 5.02 Å². The van der Waals surface area contributed by atoms with Crippen LogP contribution in [0.5, 0.6) is 0 Å². The first kappa shape index (κ1) is 11.8. The van der Waals surface area contributed by atoms with Crippen molar-refractivity contribution in [1.82, 2.24) is 15.1 Å². The minimum Gasteiger partial charge on any atom is -0.353 e. The summed E-state index contributed by atoms with van der Waals surface area (Å²) >= 11 is 5.83. The molecule has 0 bridgehead atoms. The highest BCUT2D eigenvalue weighted by molar-refractivity contribution is 6.31. The van der Waals surface area contributed by atoms with Crippen LogP contribution in [0.1, 0.15) is 12.1 Å². The average molecular weight is 228 g/mol. The summed E-state index contributed by atoms with van der Waals surface area (Å²) in [6, 6.07) is 0. The van der Waals surface area contributed by atoms with E-state index < -0.39 is 0 Å². The molecule has 1 rings (SSSR count). The number of nitrogens with zero attached hydrogens (tertiary/aromatic N) is 2. The van der Waals surface area contributed by atoms with Crippen molar-refractivity contribution in [2.24, 2.45) is 0 Å². The molecule has 0 unspecified atom stereocenters. The maximum absolute atomic E-state index is 11.2. The summed E-state index contributed by atoms with van der Waals surface area (Å²) in [5, 5.41) is 7.47. The molecule has 1 aromatic heterocycles. The number of rotatable bonds is 5. The monoisotopic (exact) mass is 227 g/mol. The van der Waals surface area contributed by atoms with Gasteiger partial charge in [0.05, 0.1) is 10.7 Å². The molecule has 0 saturated heterocycles. The van der Waals surface area contributed by atoms with Crippen molar-refractivity contribution in [2.75, 3.05) is 6.54 Å². The molecule has 0 atom stereocenters. The lowest BCUT2D eigenvalue weighted by atomic mass is 10.4. The molecule has 0 aliphatic carbocycles. The first-order chi connectivity index (χ1) is 7.13. The van der Waals surface area contributed by atoms with Gasteiger partial charge < -0.3 is 5.32 Å². The van der Waals surface area contributed by atoms with Gasteiger partial charge in [0.1, 0.15) is 0 Å². The second kappa shape index (κ2) is 5.56. The molecular formula is C10H14ClN3O. The van der Waals surface area contributed by atoms with E-state index in [9.17, 15) is 4.79 Å². The zero-order chi connectivity index (χ0) is 11.3. The third kappa shape index (κ3) is 3.75. The van der Waals surface area contributed by atoms with Gasteiger partial charge in [0.25, 0.3) is 0 Å². The third-order valence-corrected chi connectivity index (χ3v) is 2.27. The van der Waals surface area contributed by atoms with E-state index in [0.29, 0.717) is 24.5 Å². The number of aromatic nitrogens is 2. The topological polar surface area (TPSA) is 46.9 Å². The molecule has 0 aromatic carbocycles. The van der Waals surface area contributed by atoms with E-state index >= 15 is 0 Å².